The highest BCUT2D eigenvalue weighted by Crippen LogP contribution is 2.22. The number of ether oxygens (including phenoxy) is 1. The predicted molar refractivity (Wildman–Crippen MR) is 93.4 cm³/mol. The average molecular weight is 362 g/mol. The summed E-state index contributed by atoms with van der Waals surface area (Å²) in [5.41, 5.74) is 2.94. The second-order valence-electron chi connectivity index (χ2n) is 5.17. The van der Waals surface area contributed by atoms with E-state index in [9.17, 15) is 4.79 Å². The first-order valence-corrected chi connectivity index (χ1v) is 8.12. The molecule has 116 valence electrons. The number of amides is 1. The molecule has 0 aromatic heterocycles. The Balaban J connectivity index is 2.04. The van der Waals surface area contributed by atoms with Crippen LogP contribution < -0.4 is 10.1 Å². The van der Waals surface area contributed by atoms with E-state index >= 15 is 0 Å². The van der Waals surface area contributed by atoms with E-state index in [1.165, 1.54) is 0 Å². The first kappa shape index (κ1) is 16.6. The number of benzene rings is 2. The van der Waals surface area contributed by atoms with E-state index in [1.54, 1.807) is 6.92 Å². The van der Waals surface area contributed by atoms with Crippen molar-refractivity contribution in [1.29, 1.82) is 0 Å². The Bertz CT molecular complexity index is 670. The molecule has 0 bridgehead atoms. The summed E-state index contributed by atoms with van der Waals surface area (Å²) in [6, 6.07) is 13.5. The summed E-state index contributed by atoms with van der Waals surface area (Å²) in [4.78, 5) is 12.3. The summed E-state index contributed by atoms with van der Waals surface area (Å²) < 4.78 is 6.82. The third-order valence-corrected chi connectivity index (χ3v) is 4.34. The van der Waals surface area contributed by atoms with Gasteiger partial charge in [0.2, 0.25) is 0 Å². The fraction of sp³-hybridized carbons (Fsp3) is 0.278. The van der Waals surface area contributed by atoms with E-state index in [-0.39, 0.29) is 5.91 Å². The normalized spacial score (nSPS) is 11.8. The van der Waals surface area contributed by atoms with Crippen molar-refractivity contribution in [3.05, 3.63) is 58.1 Å². The highest BCUT2D eigenvalue weighted by Gasteiger charge is 2.16. The van der Waals surface area contributed by atoms with Crippen molar-refractivity contribution < 1.29 is 9.53 Å². The van der Waals surface area contributed by atoms with Gasteiger partial charge in [-0.05, 0) is 55.7 Å². The van der Waals surface area contributed by atoms with Crippen molar-refractivity contribution in [3.8, 4) is 5.75 Å². The Morgan fingerprint density at radius 1 is 1.27 bits per heavy atom. The van der Waals surface area contributed by atoms with Crippen LogP contribution in [0.3, 0.4) is 0 Å². The van der Waals surface area contributed by atoms with Crippen LogP contribution in [0.1, 0.15) is 25.0 Å². The number of hydrogen-bond acceptors (Lipinski definition) is 2. The first-order chi connectivity index (χ1) is 10.5. The molecule has 2 aromatic rings. The smallest absolute Gasteiger partial charge is 0.265 e. The highest BCUT2D eigenvalue weighted by atomic mass is 79.9. The van der Waals surface area contributed by atoms with Crippen LogP contribution in [-0.4, -0.2) is 12.0 Å². The largest absolute Gasteiger partial charge is 0.481 e. The fourth-order valence-electron chi connectivity index (χ4n) is 2.12. The Morgan fingerprint density at radius 3 is 2.68 bits per heavy atom. The van der Waals surface area contributed by atoms with Crippen LogP contribution in [0.15, 0.2) is 46.9 Å². The predicted octanol–water partition coefficient (Wildman–Crippen LogP) is 4.73. The van der Waals surface area contributed by atoms with Crippen LogP contribution in [0.4, 0.5) is 5.69 Å². The molecule has 2 aromatic carbocycles. The minimum atomic E-state index is -0.559. The molecule has 3 nitrogen and oxygen atoms in total. The maximum atomic E-state index is 12.3. The van der Waals surface area contributed by atoms with Gasteiger partial charge in [0.15, 0.2) is 6.10 Å². The minimum absolute atomic E-state index is 0.160. The third kappa shape index (κ3) is 4.10. The van der Waals surface area contributed by atoms with Gasteiger partial charge in [0.1, 0.15) is 5.75 Å². The van der Waals surface area contributed by atoms with E-state index in [4.69, 9.17) is 4.74 Å². The van der Waals surface area contributed by atoms with Crippen molar-refractivity contribution >= 4 is 27.5 Å². The number of aryl methyl sites for hydroxylation is 2. The average Bonchev–Trinajstić information content (AvgIpc) is 2.51. The summed E-state index contributed by atoms with van der Waals surface area (Å²) in [5.74, 6) is 0.604. The van der Waals surface area contributed by atoms with Crippen LogP contribution in [0, 0.1) is 6.92 Å². The maximum Gasteiger partial charge on any atom is 0.265 e. The minimum Gasteiger partial charge on any atom is -0.481 e. The quantitative estimate of drug-likeness (QED) is 0.835. The van der Waals surface area contributed by atoms with Gasteiger partial charge in [0, 0.05) is 10.2 Å². The molecule has 22 heavy (non-hydrogen) atoms. The monoisotopic (exact) mass is 361 g/mol. The van der Waals surface area contributed by atoms with Crippen molar-refractivity contribution in [1.82, 2.24) is 0 Å². The number of para-hydroxylation sites is 1. The topological polar surface area (TPSA) is 38.3 Å². The van der Waals surface area contributed by atoms with Crippen LogP contribution in [-0.2, 0) is 11.2 Å². The van der Waals surface area contributed by atoms with Gasteiger partial charge >= 0.3 is 0 Å². The standard InChI is InChI=1S/C18H20BrNO2/c1-4-14-7-5-6-8-17(14)22-13(3)18(21)20-15-9-10-16(19)12(2)11-15/h5-11,13H,4H2,1-3H3,(H,20,21). The molecule has 0 aliphatic carbocycles. The zero-order valence-electron chi connectivity index (χ0n) is 13.0. The van der Waals surface area contributed by atoms with Crippen molar-refractivity contribution in [2.45, 2.75) is 33.3 Å². The van der Waals surface area contributed by atoms with E-state index in [0.29, 0.717) is 0 Å². The van der Waals surface area contributed by atoms with E-state index < -0.39 is 6.10 Å². The van der Waals surface area contributed by atoms with Crippen molar-refractivity contribution in [2.75, 3.05) is 5.32 Å². The highest BCUT2D eigenvalue weighted by molar-refractivity contribution is 9.10. The molecule has 0 saturated carbocycles. The van der Waals surface area contributed by atoms with E-state index in [2.05, 4.69) is 28.2 Å². The molecular weight excluding hydrogens is 342 g/mol. The van der Waals surface area contributed by atoms with Gasteiger partial charge in [0.05, 0.1) is 0 Å². The number of rotatable bonds is 5. The Labute approximate surface area is 139 Å². The summed E-state index contributed by atoms with van der Waals surface area (Å²) >= 11 is 3.45. The second kappa shape index (κ2) is 7.45. The number of carbonyl (C=O) groups is 1. The molecule has 0 spiro atoms. The summed E-state index contributed by atoms with van der Waals surface area (Å²) in [6.45, 7) is 5.81. The number of halogens is 1. The zero-order chi connectivity index (χ0) is 16.1. The molecule has 1 atom stereocenters. The Hall–Kier alpha value is -1.81. The first-order valence-electron chi connectivity index (χ1n) is 7.33. The van der Waals surface area contributed by atoms with E-state index in [0.717, 1.165) is 33.5 Å². The van der Waals surface area contributed by atoms with Gasteiger partial charge in [-0.15, -0.1) is 0 Å². The molecule has 1 N–H and O–H groups in total. The molecular formula is C18H20BrNO2. The molecule has 1 amide bonds. The third-order valence-electron chi connectivity index (χ3n) is 3.45. The molecule has 1 unspecified atom stereocenters. The lowest BCUT2D eigenvalue weighted by Crippen LogP contribution is -2.30. The summed E-state index contributed by atoms with van der Waals surface area (Å²) in [5, 5.41) is 2.88. The van der Waals surface area contributed by atoms with E-state index in [1.807, 2.05) is 49.4 Å². The lowest BCUT2D eigenvalue weighted by Gasteiger charge is -2.17. The molecule has 0 radical (unpaired) electrons. The lowest BCUT2D eigenvalue weighted by molar-refractivity contribution is -0.122. The lowest BCUT2D eigenvalue weighted by atomic mass is 10.1. The molecule has 4 heteroatoms. The van der Waals surface area contributed by atoms with Crippen LogP contribution in [0.25, 0.3) is 0 Å². The number of anilines is 1. The van der Waals surface area contributed by atoms with Crippen LogP contribution in [0.5, 0.6) is 5.75 Å². The SMILES string of the molecule is CCc1ccccc1OC(C)C(=O)Nc1ccc(Br)c(C)c1. The number of nitrogens with one attached hydrogen (secondary N) is 1. The van der Waals surface area contributed by atoms with Gasteiger partial charge < -0.3 is 10.1 Å². The molecule has 0 heterocycles. The fourth-order valence-corrected chi connectivity index (χ4v) is 2.37. The van der Waals surface area contributed by atoms with Gasteiger partial charge in [0.25, 0.3) is 5.91 Å². The van der Waals surface area contributed by atoms with Crippen LogP contribution >= 0.6 is 15.9 Å². The molecule has 2 rings (SSSR count). The zero-order valence-corrected chi connectivity index (χ0v) is 14.6. The number of hydrogen-bond donors (Lipinski definition) is 1. The van der Waals surface area contributed by atoms with Crippen molar-refractivity contribution in [2.24, 2.45) is 0 Å². The maximum absolute atomic E-state index is 12.3. The molecule has 0 fully saturated rings. The Kier molecular flexibility index (Phi) is 5.61. The molecule has 0 aliphatic heterocycles. The van der Waals surface area contributed by atoms with Crippen molar-refractivity contribution in [3.63, 3.8) is 0 Å². The van der Waals surface area contributed by atoms with Gasteiger partial charge in [-0.3, -0.25) is 4.79 Å². The summed E-state index contributed by atoms with van der Waals surface area (Å²) in [6.07, 6.45) is 0.313. The van der Waals surface area contributed by atoms with Crippen LogP contribution in [0.2, 0.25) is 0 Å². The molecule has 0 saturated heterocycles. The van der Waals surface area contributed by atoms with Gasteiger partial charge in [-0.2, -0.15) is 0 Å². The van der Waals surface area contributed by atoms with Gasteiger partial charge in [-0.25, -0.2) is 0 Å². The Morgan fingerprint density at radius 2 is 2.00 bits per heavy atom. The second-order valence-corrected chi connectivity index (χ2v) is 6.03. The summed E-state index contributed by atoms with van der Waals surface area (Å²) in [7, 11) is 0. The molecule has 0 aliphatic rings. The number of carbonyl (C=O) groups excluding carboxylic acids is 1. The van der Waals surface area contributed by atoms with Gasteiger partial charge in [-0.1, -0.05) is 41.1 Å².